The molecule has 0 atom stereocenters. The second kappa shape index (κ2) is 4.91. The standard InChI is InChI=1S/C9H7ClO4S/c1-3-4-14-6-5(10)9(13-2)15-7(6)8(11)12/h1H,4H2,2H3,(H,11,12). The number of ether oxygens (including phenoxy) is 2. The van der Waals surface area contributed by atoms with Gasteiger partial charge in [-0.25, -0.2) is 4.79 Å². The molecule has 80 valence electrons. The largest absolute Gasteiger partial charge is 0.486 e. The average molecular weight is 247 g/mol. The van der Waals surface area contributed by atoms with Crippen molar-refractivity contribution in [2.75, 3.05) is 13.7 Å². The highest BCUT2D eigenvalue weighted by atomic mass is 35.5. The van der Waals surface area contributed by atoms with Crippen LogP contribution >= 0.6 is 22.9 Å². The van der Waals surface area contributed by atoms with Crippen LogP contribution in [-0.4, -0.2) is 24.8 Å². The molecule has 0 aromatic carbocycles. The minimum Gasteiger partial charge on any atom is -0.486 e. The van der Waals surface area contributed by atoms with E-state index in [2.05, 4.69) is 5.92 Å². The Hall–Kier alpha value is -1.38. The summed E-state index contributed by atoms with van der Waals surface area (Å²) in [6.07, 6.45) is 5.00. The zero-order chi connectivity index (χ0) is 11.4. The van der Waals surface area contributed by atoms with Gasteiger partial charge in [0.1, 0.15) is 11.6 Å². The Morgan fingerprint density at radius 2 is 2.40 bits per heavy atom. The summed E-state index contributed by atoms with van der Waals surface area (Å²) in [7, 11) is 1.40. The number of aromatic carboxylic acids is 1. The molecule has 0 saturated heterocycles. The molecule has 1 rings (SSSR count). The topological polar surface area (TPSA) is 55.8 Å². The lowest BCUT2D eigenvalue weighted by atomic mass is 10.4. The SMILES string of the molecule is C#CCOc1c(C(=O)O)sc(OC)c1Cl. The predicted molar refractivity (Wildman–Crippen MR) is 57.2 cm³/mol. The molecule has 1 aromatic rings. The quantitative estimate of drug-likeness (QED) is 0.827. The first kappa shape index (κ1) is 11.7. The number of carboxylic acid groups (broad SMARTS) is 1. The van der Waals surface area contributed by atoms with Crippen LogP contribution in [0.15, 0.2) is 0 Å². The van der Waals surface area contributed by atoms with E-state index in [1.165, 1.54) is 7.11 Å². The Morgan fingerprint density at radius 3 is 2.87 bits per heavy atom. The van der Waals surface area contributed by atoms with Gasteiger partial charge in [-0.05, 0) is 0 Å². The summed E-state index contributed by atoms with van der Waals surface area (Å²) in [5, 5.41) is 9.29. The van der Waals surface area contributed by atoms with Crippen LogP contribution in [0.4, 0.5) is 0 Å². The maximum absolute atomic E-state index is 10.8. The van der Waals surface area contributed by atoms with Crippen LogP contribution in [0.3, 0.4) is 0 Å². The van der Waals surface area contributed by atoms with Crippen LogP contribution in [0.5, 0.6) is 10.8 Å². The highest BCUT2D eigenvalue weighted by Gasteiger charge is 2.23. The van der Waals surface area contributed by atoms with Gasteiger partial charge in [0.2, 0.25) is 0 Å². The molecule has 0 radical (unpaired) electrons. The Labute approximate surface area is 95.4 Å². The fourth-order valence-electron chi connectivity index (χ4n) is 0.891. The molecule has 0 aliphatic heterocycles. The van der Waals surface area contributed by atoms with E-state index in [0.29, 0.717) is 5.06 Å². The number of hydrogen-bond donors (Lipinski definition) is 1. The first-order valence-electron chi connectivity index (χ1n) is 3.77. The number of carboxylic acids is 1. The first-order chi connectivity index (χ1) is 7.11. The summed E-state index contributed by atoms with van der Waals surface area (Å²) in [4.78, 5) is 10.8. The van der Waals surface area contributed by atoms with Gasteiger partial charge in [0, 0.05) is 0 Å². The second-order valence-corrected chi connectivity index (χ2v) is 3.72. The molecule has 0 spiro atoms. The van der Waals surface area contributed by atoms with Gasteiger partial charge in [-0.15, -0.1) is 6.42 Å². The van der Waals surface area contributed by atoms with Crippen LogP contribution in [-0.2, 0) is 0 Å². The number of rotatable bonds is 4. The number of methoxy groups -OCH3 is 1. The van der Waals surface area contributed by atoms with Gasteiger partial charge in [0.05, 0.1) is 7.11 Å². The van der Waals surface area contributed by atoms with Gasteiger partial charge in [0.25, 0.3) is 0 Å². The minimum atomic E-state index is -1.13. The highest BCUT2D eigenvalue weighted by Crippen LogP contribution is 2.44. The molecule has 0 unspecified atom stereocenters. The van der Waals surface area contributed by atoms with E-state index in [4.69, 9.17) is 32.6 Å². The molecule has 0 bridgehead atoms. The molecule has 1 aromatic heterocycles. The van der Waals surface area contributed by atoms with Crippen molar-refractivity contribution in [1.82, 2.24) is 0 Å². The van der Waals surface area contributed by atoms with Crippen molar-refractivity contribution >= 4 is 28.9 Å². The normalized spacial score (nSPS) is 9.40. The van der Waals surface area contributed by atoms with Crippen LogP contribution in [0.1, 0.15) is 9.67 Å². The van der Waals surface area contributed by atoms with Crippen molar-refractivity contribution in [3.8, 4) is 23.2 Å². The summed E-state index contributed by atoms with van der Waals surface area (Å²) in [5.41, 5.74) is 0. The summed E-state index contributed by atoms with van der Waals surface area (Å²) in [6.45, 7) is -0.0418. The summed E-state index contributed by atoms with van der Waals surface area (Å²) < 4.78 is 9.93. The number of carbonyl (C=O) groups is 1. The highest BCUT2D eigenvalue weighted by molar-refractivity contribution is 7.16. The number of halogens is 1. The van der Waals surface area contributed by atoms with E-state index >= 15 is 0 Å². The lowest BCUT2D eigenvalue weighted by molar-refractivity contribution is 0.0698. The van der Waals surface area contributed by atoms with Gasteiger partial charge in [-0.2, -0.15) is 0 Å². The maximum atomic E-state index is 10.8. The summed E-state index contributed by atoms with van der Waals surface area (Å²) in [6, 6.07) is 0. The van der Waals surface area contributed by atoms with Crippen LogP contribution in [0.2, 0.25) is 5.02 Å². The van der Waals surface area contributed by atoms with Crippen molar-refractivity contribution in [3.05, 3.63) is 9.90 Å². The van der Waals surface area contributed by atoms with E-state index in [-0.39, 0.29) is 22.3 Å². The van der Waals surface area contributed by atoms with Crippen molar-refractivity contribution in [2.45, 2.75) is 0 Å². The summed E-state index contributed by atoms with van der Waals surface area (Å²) >= 11 is 6.74. The molecule has 1 heterocycles. The van der Waals surface area contributed by atoms with E-state index in [1.807, 2.05) is 0 Å². The number of hydrogen-bond acceptors (Lipinski definition) is 4. The lowest BCUT2D eigenvalue weighted by Gasteiger charge is -2.01. The zero-order valence-corrected chi connectivity index (χ0v) is 9.32. The third-order valence-corrected chi connectivity index (χ3v) is 3.03. The molecular weight excluding hydrogens is 240 g/mol. The van der Waals surface area contributed by atoms with E-state index in [1.54, 1.807) is 0 Å². The molecule has 0 aliphatic carbocycles. The fourth-order valence-corrected chi connectivity index (χ4v) is 2.08. The third-order valence-electron chi connectivity index (χ3n) is 1.46. The number of thiophene rings is 1. The second-order valence-electron chi connectivity index (χ2n) is 2.36. The van der Waals surface area contributed by atoms with Gasteiger partial charge in [-0.3, -0.25) is 0 Å². The predicted octanol–water partition coefficient (Wildman–Crippen LogP) is 2.12. The van der Waals surface area contributed by atoms with Crippen molar-refractivity contribution in [1.29, 1.82) is 0 Å². The van der Waals surface area contributed by atoms with Gasteiger partial charge >= 0.3 is 5.97 Å². The molecule has 0 amide bonds. The molecule has 0 aliphatic rings. The van der Waals surface area contributed by atoms with Gasteiger partial charge < -0.3 is 14.6 Å². The summed E-state index contributed by atoms with van der Waals surface area (Å²) in [5.74, 6) is 1.16. The molecule has 0 saturated carbocycles. The Morgan fingerprint density at radius 1 is 1.73 bits per heavy atom. The molecule has 15 heavy (non-hydrogen) atoms. The molecule has 6 heteroatoms. The lowest BCUT2D eigenvalue weighted by Crippen LogP contribution is -1.99. The van der Waals surface area contributed by atoms with Crippen molar-refractivity contribution < 1.29 is 19.4 Å². The van der Waals surface area contributed by atoms with Gasteiger partial charge in [-0.1, -0.05) is 28.9 Å². The Kier molecular flexibility index (Phi) is 3.83. The van der Waals surface area contributed by atoms with Crippen LogP contribution in [0, 0.1) is 12.3 Å². The molecular formula is C9H7ClO4S. The first-order valence-corrected chi connectivity index (χ1v) is 4.97. The third kappa shape index (κ3) is 2.35. The Bertz CT molecular complexity index is 418. The smallest absolute Gasteiger partial charge is 0.349 e. The molecule has 0 fully saturated rings. The zero-order valence-electron chi connectivity index (χ0n) is 7.74. The number of terminal acetylenes is 1. The van der Waals surface area contributed by atoms with E-state index in [0.717, 1.165) is 11.3 Å². The van der Waals surface area contributed by atoms with E-state index < -0.39 is 5.97 Å². The molecule has 1 N–H and O–H groups in total. The van der Waals surface area contributed by atoms with Crippen LogP contribution < -0.4 is 9.47 Å². The van der Waals surface area contributed by atoms with E-state index in [9.17, 15) is 4.79 Å². The van der Waals surface area contributed by atoms with Crippen LogP contribution in [0.25, 0.3) is 0 Å². The maximum Gasteiger partial charge on any atom is 0.349 e. The minimum absolute atomic E-state index is 0.0212. The van der Waals surface area contributed by atoms with Crippen molar-refractivity contribution in [2.24, 2.45) is 0 Å². The molecule has 4 nitrogen and oxygen atoms in total. The monoisotopic (exact) mass is 246 g/mol. The average Bonchev–Trinajstić information content (AvgIpc) is 2.52. The Balaban J connectivity index is 3.14. The van der Waals surface area contributed by atoms with Gasteiger partial charge in [0.15, 0.2) is 15.7 Å². The van der Waals surface area contributed by atoms with Crippen molar-refractivity contribution in [3.63, 3.8) is 0 Å². The fraction of sp³-hybridized carbons (Fsp3) is 0.222.